The fourth-order valence-corrected chi connectivity index (χ4v) is 2.77. The van der Waals surface area contributed by atoms with Crippen LogP contribution in [-0.2, 0) is 0 Å². The number of benzene rings is 2. The van der Waals surface area contributed by atoms with Gasteiger partial charge < -0.3 is 14.8 Å². The first-order valence-electron chi connectivity index (χ1n) is 6.75. The van der Waals surface area contributed by atoms with Crippen molar-refractivity contribution in [1.29, 1.82) is 0 Å². The Kier molecular flexibility index (Phi) is 3.80. The molecule has 1 heterocycles. The average Bonchev–Trinajstić information content (AvgIpc) is 2.53. The van der Waals surface area contributed by atoms with Gasteiger partial charge in [0, 0.05) is 16.0 Å². The molecule has 0 saturated carbocycles. The van der Waals surface area contributed by atoms with Crippen LogP contribution in [-0.4, -0.2) is 23.2 Å². The van der Waals surface area contributed by atoms with Gasteiger partial charge in [-0.3, -0.25) is 4.79 Å². The number of carbonyl (C=O) groups is 1. The molecule has 0 unspecified atom stereocenters. The molecule has 23 heavy (non-hydrogen) atoms. The number of aromatic carboxylic acids is 1. The highest BCUT2D eigenvalue weighted by Crippen LogP contribution is 2.33. The van der Waals surface area contributed by atoms with Gasteiger partial charge in [-0.2, -0.15) is 0 Å². The van der Waals surface area contributed by atoms with Crippen molar-refractivity contribution in [2.24, 2.45) is 0 Å². The van der Waals surface area contributed by atoms with Crippen LogP contribution in [0.4, 0.5) is 0 Å². The summed E-state index contributed by atoms with van der Waals surface area (Å²) in [4.78, 5) is 27.0. The van der Waals surface area contributed by atoms with E-state index in [2.05, 4.69) is 4.98 Å². The van der Waals surface area contributed by atoms with E-state index < -0.39 is 11.5 Å². The van der Waals surface area contributed by atoms with Gasteiger partial charge in [0.15, 0.2) is 0 Å². The van der Waals surface area contributed by atoms with Gasteiger partial charge in [0.1, 0.15) is 5.75 Å². The average molecular weight is 330 g/mol. The largest absolute Gasteiger partial charge is 0.496 e. The predicted octanol–water partition coefficient (Wildman–Crippen LogP) is 3.56. The molecule has 0 aliphatic heterocycles. The fraction of sp³-hybridized carbons (Fsp3) is 0.0588. The minimum absolute atomic E-state index is 0.0600. The number of hydrogen-bond donors (Lipinski definition) is 2. The molecule has 0 saturated heterocycles. The maximum absolute atomic E-state index is 12.5. The van der Waals surface area contributed by atoms with Crippen LogP contribution in [0.5, 0.6) is 5.75 Å². The lowest BCUT2D eigenvalue weighted by molar-refractivity contribution is 0.0699. The summed E-state index contributed by atoms with van der Waals surface area (Å²) in [7, 11) is 1.47. The third-order valence-corrected chi connectivity index (χ3v) is 3.80. The van der Waals surface area contributed by atoms with Crippen LogP contribution in [0.2, 0.25) is 5.02 Å². The van der Waals surface area contributed by atoms with E-state index in [0.717, 1.165) is 0 Å². The number of carboxylic acids is 1. The Morgan fingerprint density at radius 2 is 1.96 bits per heavy atom. The van der Waals surface area contributed by atoms with Crippen LogP contribution in [0.1, 0.15) is 10.4 Å². The summed E-state index contributed by atoms with van der Waals surface area (Å²) in [5.74, 6) is -0.766. The standard InChI is InChI=1S/C17H12ClNO4/c1-23-13-5-3-2-4-11(13)14-15(17(21)22)10-7-6-9(18)8-12(10)19-16(14)20/h2-8H,1H3,(H,19,20)(H,21,22). The molecule has 116 valence electrons. The van der Waals surface area contributed by atoms with Gasteiger partial charge in [0.05, 0.1) is 23.8 Å². The topological polar surface area (TPSA) is 79.4 Å². The molecule has 3 rings (SSSR count). The third kappa shape index (κ3) is 2.55. The molecule has 5 nitrogen and oxygen atoms in total. The SMILES string of the molecule is COc1ccccc1-c1c(C(=O)O)c2ccc(Cl)cc2[nH]c1=O. The smallest absolute Gasteiger partial charge is 0.337 e. The van der Waals surface area contributed by atoms with Crippen LogP contribution in [0.25, 0.3) is 22.0 Å². The van der Waals surface area contributed by atoms with Crippen molar-refractivity contribution in [3.05, 3.63) is 63.4 Å². The number of fused-ring (bicyclic) bond motifs is 1. The normalized spacial score (nSPS) is 10.7. The van der Waals surface area contributed by atoms with Gasteiger partial charge in [-0.1, -0.05) is 35.9 Å². The van der Waals surface area contributed by atoms with Gasteiger partial charge in [0.25, 0.3) is 5.56 Å². The number of aromatic amines is 1. The number of pyridine rings is 1. The molecular formula is C17H12ClNO4. The van der Waals surface area contributed by atoms with E-state index in [1.165, 1.54) is 13.2 Å². The monoisotopic (exact) mass is 329 g/mol. The van der Waals surface area contributed by atoms with Crippen molar-refractivity contribution in [3.63, 3.8) is 0 Å². The number of aromatic nitrogens is 1. The maximum atomic E-state index is 12.5. The number of H-pyrrole nitrogens is 1. The van der Waals surface area contributed by atoms with E-state index in [0.29, 0.717) is 27.2 Å². The van der Waals surface area contributed by atoms with Gasteiger partial charge >= 0.3 is 5.97 Å². The quantitative estimate of drug-likeness (QED) is 0.770. The molecule has 1 aromatic heterocycles. The van der Waals surface area contributed by atoms with Gasteiger partial charge in [-0.25, -0.2) is 4.79 Å². The number of methoxy groups -OCH3 is 1. The number of carboxylic acid groups (broad SMARTS) is 1. The number of nitrogens with one attached hydrogen (secondary N) is 1. The van der Waals surface area contributed by atoms with Crippen molar-refractivity contribution in [3.8, 4) is 16.9 Å². The summed E-state index contributed by atoms with van der Waals surface area (Å²) in [5, 5.41) is 10.5. The molecule has 2 aromatic carbocycles. The molecule has 0 bridgehead atoms. The highest BCUT2D eigenvalue weighted by Gasteiger charge is 2.22. The Morgan fingerprint density at radius 1 is 1.22 bits per heavy atom. The number of hydrogen-bond acceptors (Lipinski definition) is 3. The van der Waals surface area contributed by atoms with Crippen LogP contribution in [0, 0.1) is 0 Å². The Labute approximate surface area is 136 Å². The first kappa shape index (κ1) is 15.1. The first-order chi connectivity index (χ1) is 11.0. The van der Waals surface area contributed by atoms with E-state index in [9.17, 15) is 14.7 Å². The Bertz CT molecular complexity index is 978. The lowest BCUT2D eigenvalue weighted by Crippen LogP contribution is -2.16. The highest BCUT2D eigenvalue weighted by atomic mass is 35.5. The second-order valence-electron chi connectivity index (χ2n) is 4.90. The van der Waals surface area contributed by atoms with Crippen LogP contribution in [0.3, 0.4) is 0 Å². The second-order valence-corrected chi connectivity index (χ2v) is 5.34. The van der Waals surface area contributed by atoms with Crippen LogP contribution >= 0.6 is 11.6 Å². The summed E-state index contributed by atoms with van der Waals surface area (Å²) >= 11 is 5.92. The summed E-state index contributed by atoms with van der Waals surface area (Å²) in [6, 6.07) is 11.5. The molecule has 0 aliphatic carbocycles. The van der Waals surface area contributed by atoms with Crippen molar-refractivity contribution in [1.82, 2.24) is 4.98 Å². The zero-order valence-corrected chi connectivity index (χ0v) is 12.8. The summed E-state index contributed by atoms with van der Waals surface area (Å²) < 4.78 is 5.25. The number of rotatable bonds is 3. The minimum atomic E-state index is -1.19. The predicted molar refractivity (Wildman–Crippen MR) is 88.5 cm³/mol. The summed E-state index contributed by atoms with van der Waals surface area (Å²) in [5.41, 5.74) is 0.264. The van der Waals surface area contributed by atoms with Crippen molar-refractivity contribution in [2.75, 3.05) is 7.11 Å². The van der Waals surface area contributed by atoms with Gasteiger partial charge in [-0.05, 0) is 18.2 Å². The van der Waals surface area contributed by atoms with Gasteiger partial charge in [-0.15, -0.1) is 0 Å². The molecule has 3 aromatic rings. The number of halogens is 1. The molecule has 0 atom stereocenters. The van der Waals surface area contributed by atoms with Gasteiger partial charge in [0.2, 0.25) is 0 Å². The number of ether oxygens (including phenoxy) is 1. The van der Waals surface area contributed by atoms with E-state index in [-0.39, 0.29) is 11.1 Å². The molecule has 0 radical (unpaired) electrons. The minimum Gasteiger partial charge on any atom is -0.496 e. The lowest BCUT2D eigenvalue weighted by Gasteiger charge is -2.12. The van der Waals surface area contributed by atoms with Crippen LogP contribution in [0.15, 0.2) is 47.3 Å². The highest BCUT2D eigenvalue weighted by molar-refractivity contribution is 6.31. The maximum Gasteiger partial charge on any atom is 0.337 e. The fourth-order valence-electron chi connectivity index (χ4n) is 2.60. The number of para-hydroxylation sites is 1. The second kappa shape index (κ2) is 5.78. The molecule has 2 N–H and O–H groups in total. The molecule has 0 spiro atoms. The van der Waals surface area contributed by atoms with E-state index in [1.54, 1.807) is 36.4 Å². The zero-order valence-electron chi connectivity index (χ0n) is 12.1. The summed E-state index contributed by atoms with van der Waals surface area (Å²) in [6.07, 6.45) is 0. The van der Waals surface area contributed by atoms with Crippen molar-refractivity contribution in [2.45, 2.75) is 0 Å². The lowest BCUT2D eigenvalue weighted by atomic mass is 9.97. The summed E-state index contributed by atoms with van der Waals surface area (Å²) in [6.45, 7) is 0. The molecular weight excluding hydrogens is 318 g/mol. The Hall–Kier alpha value is -2.79. The van der Waals surface area contributed by atoms with Crippen LogP contribution < -0.4 is 10.3 Å². The van der Waals surface area contributed by atoms with E-state index in [4.69, 9.17) is 16.3 Å². The van der Waals surface area contributed by atoms with E-state index >= 15 is 0 Å². The molecule has 0 fully saturated rings. The Morgan fingerprint density at radius 3 is 2.65 bits per heavy atom. The zero-order chi connectivity index (χ0) is 16.6. The third-order valence-electron chi connectivity index (χ3n) is 3.57. The first-order valence-corrected chi connectivity index (χ1v) is 7.13. The molecule has 0 amide bonds. The van der Waals surface area contributed by atoms with Crippen molar-refractivity contribution < 1.29 is 14.6 Å². The Balaban J connectivity index is 2.48. The molecule has 6 heteroatoms. The van der Waals surface area contributed by atoms with E-state index in [1.807, 2.05) is 0 Å². The van der Waals surface area contributed by atoms with Crippen molar-refractivity contribution >= 4 is 28.5 Å². The molecule has 0 aliphatic rings.